The van der Waals surface area contributed by atoms with Crippen molar-refractivity contribution in [3.8, 4) is 34.4 Å². The van der Waals surface area contributed by atoms with Crippen LogP contribution in [0.2, 0.25) is 0 Å². The molecular weight excluding hydrogens is 424 g/mol. The standard InChI is InChI=1S/C22H24Br2/c23-21-19-17-15-13-11-9-7-5-3-1-2-4-6-8-10-12-14-16-18-20-22-24/h1,3,12,14-15,17,20,22H,2,4,6,8-11,13H2. The molecule has 0 saturated heterocycles. The van der Waals surface area contributed by atoms with E-state index in [-0.39, 0.29) is 0 Å². The number of unbranched alkanes of at least 4 members (excludes halogenated alkanes) is 6. The zero-order chi connectivity index (χ0) is 17.6. The predicted molar refractivity (Wildman–Crippen MR) is 115 cm³/mol. The van der Waals surface area contributed by atoms with Crippen LogP contribution in [0.15, 0.2) is 47.5 Å². The van der Waals surface area contributed by atoms with Crippen LogP contribution < -0.4 is 0 Å². The lowest BCUT2D eigenvalue weighted by atomic mass is 10.1. The number of hydrogen-bond acceptors (Lipinski definition) is 0. The van der Waals surface area contributed by atoms with Gasteiger partial charge in [-0.1, -0.05) is 70.2 Å². The summed E-state index contributed by atoms with van der Waals surface area (Å²) in [6.07, 6.45) is 22.9. The summed E-state index contributed by atoms with van der Waals surface area (Å²) in [7, 11) is 0. The van der Waals surface area contributed by atoms with Gasteiger partial charge in [0.05, 0.1) is 0 Å². The maximum Gasteiger partial charge on any atom is 0.0110 e. The van der Waals surface area contributed by atoms with Crippen LogP contribution in [0.1, 0.15) is 51.4 Å². The second-order valence-corrected chi connectivity index (χ2v) is 5.80. The molecule has 0 radical (unpaired) electrons. The Hall–Kier alpha value is -1.40. The third kappa shape index (κ3) is 20.6. The molecule has 0 bridgehead atoms. The Labute approximate surface area is 164 Å². The zero-order valence-corrected chi connectivity index (χ0v) is 17.2. The van der Waals surface area contributed by atoms with Crippen molar-refractivity contribution in [1.82, 2.24) is 0 Å². The van der Waals surface area contributed by atoms with E-state index in [2.05, 4.69) is 84.5 Å². The van der Waals surface area contributed by atoms with Crippen molar-refractivity contribution in [2.24, 2.45) is 0 Å². The summed E-state index contributed by atoms with van der Waals surface area (Å²) in [5.74, 6) is 14.9. The van der Waals surface area contributed by atoms with Crippen LogP contribution in [0.25, 0.3) is 0 Å². The highest BCUT2D eigenvalue weighted by Crippen LogP contribution is 2.04. The Kier molecular flexibility index (Phi) is 20.3. The molecular formula is C22H24Br2. The van der Waals surface area contributed by atoms with Crippen LogP contribution >= 0.6 is 31.9 Å². The van der Waals surface area contributed by atoms with E-state index in [0.717, 1.165) is 32.1 Å². The molecule has 0 unspecified atom stereocenters. The quantitative estimate of drug-likeness (QED) is 0.262. The molecule has 126 valence electrons. The highest BCUT2D eigenvalue weighted by Gasteiger charge is 1.85. The lowest BCUT2D eigenvalue weighted by Gasteiger charge is -1.93. The summed E-state index contributed by atoms with van der Waals surface area (Å²) in [6.45, 7) is 0. The Balaban J connectivity index is 3.46. The van der Waals surface area contributed by atoms with Crippen LogP contribution in [0.5, 0.6) is 0 Å². The van der Waals surface area contributed by atoms with Gasteiger partial charge in [-0.25, -0.2) is 0 Å². The van der Waals surface area contributed by atoms with Crippen molar-refractivity contribution >= 4 is 31.9 Å². The fraction of sp³-hybridized carbons (Fsp3) is 0.364. The van der Waals surface area contributed by atoms with Crippen molar-refractivity contribution < 1.29 is 0 Å². The van der Waals surface area contributed by atoms with E-state index in [1.54, 1.807) is 11.1 Å². The molecule has 24 heavy (non-hydrogen) atoms. The molecule has 0 aromatic heterocycles. The molecule has 0 rings (SSSR count). The minimum atomic E-state index is 0.942. The smallest absolute Gasteiger partial charge is 0.0110 e. The van der Waals surface area contributed by atoms with E-state index in [4.69, 9.17) is 0 Å². The second kappa shape index (κ2) is 21.6. The van der Waals surface area contributed by atoms with Gasteiger partial charge in [0.1, 0.15) is 0 Å². The van der Waals surface area contributed by atoms with Crippen LogP contribution in [0, 0.1) is 34.4 Å². The highest BCUT2D eigenvalue weighted by molar-refractivity contribution is 9.12. The molecule has 0 saturated carbocycles. The Bertz CT molecular complexity index is 587. The molecule has 0 aromatic rings. The third-order valence-electron chi connectivity index (χ3n) is 2.90. The van der Waals surface area contributed by atoms with Crippen LogP contribution in [0.3, 0.4) is 0 Å². The van der Waals surface area contributed by atoms with E-state index in [1.807, 2.05) is 18.2 Å². The fourth-order valence-electron chi connectivity index (χ4n) is 1.73. The fourth-order valence-corrected chi connectivity index (χ4v) is 1.99. The van der Waals surface area contributed by atoms with Gasteiger partial charge in [-0.15, -0.1) is 0 Å². The number of halogens is 2. The molecule has 0 heterocycles. The van der Waals surface area contributed by atoms with Crippen LogP contribution in [-0.2, 0) is 0 Å². The van der Waals surface area contributed by atoms with Gasteiger partial charge in [0.2, 0.25) is 0 Å². The van der Waals surface area contributed by atoms with E-state index in [0.29, 0.717) is 0 Å². The normalized spacial score (nSPS) is 10.6. The maximum absolute atomic E-state index is 3.18. The molecule has 0 aliphatic rings. The van der Waals surface area contributed by atoms with E-state index in [9.17, 15) is 0 Å². The lowest BCUT2D eigenvalue weighted by Crippen LogP contribution is -1.74. The van der Waals surface area contributed by atoms with Gasteiger partial charge in [-0.2, -0.15) is 0 Å². The summed E-state index contributed by atoms with van der Waals surface area (Å²) in [6, 6.07) is 0. The number of allylic oxidation sites excluding steroid dienone is 7. The van der Waals surface area contributed by atoms with E-state index >= 15 is 0 Å². The molecule has 0 aliphatic carbocycles. The van der Waals surface area contributed by atoms with Crippen molar-refractivity contribution in [2.75, 3.05) is 0 Å². The van der Waals surface area contributed by atoms with Gasteiger partial charge in [-0.3, -0.25) is 0 Å². The Morgan fingerprint density at radius 3 is 1.88 bits per heavy atom. The first-order valence-electron chi connectivity index (χ1n) is 8.22. The summed E-state index contributed by atoms with van der Waals surface area (Å²) in [4.78, 5) is 4.41. The van der Waals surface area contributed by atoms with Gasteiger partial charge in [0, 0.05) is 22.4 Å². The Morgan fingerprint density at radius 1 is 0.625 bits per heavy atom. The molecule has 2 heteroatoms. The second-order valence-electron chi connectivity index (χ2n) is 4.88. The van der Waals surface area contributed by atoms with Crippen LogP contribution in [-0.4, -0.2) is 0 Å². The van der Waals surface area contributed by atoms with Crippen molar-refractivity contribution in [1.29, 1.82) is 0 Å². The average molecular weight is 448 g/mol. The minimum Gasteiger partial charge on any atom is -0.0985 e. The lowest BCUT2D eigenvalue weighted by molar-refractivity contribution is 0.696. The van der Waals surface area contributed by atoms with E-state index < -0.39 is 0 Å². The summed E-state index contributed by atoms with van der Waals surface area (Å²) >= 11 is 6.23. The molecule has 0 aromatic carbocycles. The van der Waals surface area contributed by atoms with E-state index in [1.165, 1.54) is 19.3 Å². The first kappa shape index (κ1) is 22.6. The first-order valence-corrected chi connectivity index (χ1v) is 9.93. The molecule has 0 amide bonds. The third-order valence-corrected chi connectivity index (χ3v) is 3.40. The highest BCUT2D eigenvalue weighted by atomic mass is 79.9. The number of hydrogen-bond donors (Lipinski definition) is 0. The zero-order valence-electron chi connectivity index (χ0n) is 14.0. The maximum atomic E-state index is 3.18. The van der Waals surface area contributed by atoms with Gasteiger partial charge in [0.15, 0.2) is 0 Å². The molecule has 0 spiro atoms. The van der Waals surface area contributed by atoms with Gasteiger partial charge < -0.3 is 0 Å². The molecule has 0 N–H and O–H groups in total. The molecule has 0 atom stereocenters. The monoisotopic (exact) mass is 446 g/mol. The number of rotatable bonds is 9. The van der Waals surface area contributed by atoms with Gasteiger partial charge in [-0.05, 0) is 72.6 Å². The molecule has 0 aliphatic heterocycles. The molecule has 0 fully saturated rings. The van der Waals surface area contributed by atoms with Crippen molar-refractivity contribution in [3.05, 3.63) is 47.5 Å². The van der Waals surface area contributed by atoms with Crippen molar-refractivity contribution in [2.45, 2.75) is 51.4 Å². The first-order chi connectivity index (χ1) is 11.9. The summed E-state index contributed by atoms with van der Waals surface area (Å²) in [5, 5.41) is 0. The SMILES string of the molecule is BrC#CC=CCCCC#CC=CCCCCCC=CC#CC=CBr. The largest absolute Gasteiger partial charge is 0.0985 e. The predicted octanol–water partition coefficient (Wildman–Crippen LogP) is 7.05. The topological polar surface area (TPSA) is 0 Å². The average Bonchev–Trinajstić information content (AvgIpc) is 2.60. The molecule has 0 nitrogen and oxygen atoms in total. The van der Waals surface area contributed by atoms with Gasteiger partial charge in [0.25, 0.3) is 0 Å². The summed E-state index contributed by atoms with van der Waals surface area (Å²) in [5.41, 5.74) is 0. The van der Waals surface area contributed by atoms with Gasteiger partial charge >= 0.3 is 0 Å². The Morgan fingerprint density at radius 2 is 1.21 bits per heavy atom. The van der Waals surface area contributed by atoms with Crippen LogP contribution in [0.4, 0.5) is 0 Å². The van der Waals surface area contributed by atoms with Crippen molar-refractivity contribution in [3.63, 3.8) is 0 Å². The minimum absolute atomic E-state index is 0.942. The summed E-state index contributed by atoms with van der Waals surface area (Å²) < 4.78 is 0.